The van der Waals surface area contributed by atoms with Crippen LogP contribution in [0.2, 0.25) is 0 Å². The summed E-state index contributed by atoms with van der Waals surface area (Å²) in [5.74, 6) is -1.11. The highest BCUT2D eigenvalue weighted by atomic mass is 17.1. The Morgan fingerprint density at radius 1 is 1.35 bits per heavy atom. The van der Waals surface area contributed by atoms with Crippen molar-refractivity contribution in [3.05, 3.63) is 24.3 Å². The molecule has 0 aromatic rings. The second-order valence-electron chi connectivity index (χ2n) is 8.32. The SMILES string of the molecule is C=C1C(=O)O[C@H]2C(=O)[C@@H](C)CCC[C@@](C)(OO)/C=C/C[C@]3(C)O[C@H]3C[C@H]12. The summed E-state index contributed by atoms with van der Waals surface area (Å²) in [4.78, 5) is 29.5. The molecule has 3 rings (SSSR count). The Balaban J connectivity index is 1.84. The molecule has 6 heteroatoms. The van der Waals surface area contributed by atoms with Crippen LogP contribution in [0.1, 0.15) is 52.9 Å². The van der Waals surface area contributed by atoms with Gasteiger partial charge in [0.2, 0.25) is 0 Å². The van der Waals surface area contributed by atoms with E-state index in [9.17, 15) is 14.8 Å². The fourth-order valence-corrected chi connectivity index (χ4v) is 4.01. The Bertz CT molecular complexity index is 640. The first-order chi connectivity index (χ1) is 12.2. The van der Waals surface area contributed by atoms with Crippen molar-refractivity contribution in [3.8, 4) is 0 Å². The van der Waals surface area contributed by atoms with Crippen LogP contribution in [0.3, 0.4) is 0 Å². The molecular formula is C20H28O6. The highest BCUT2D eigenvalue weighted by Crippen LogP contribution is 2.47. The van der Waals surface area contributed by atoms with E-state index in [-0.39, 0.29) is 29.3 Å². The standard InChI is InChI=1S/C20H28O6/c1-12-7-5-8-19(3,26-23)9-6-10-20(4)15(25-20)11-14-13(2)18(22)24-17(14)16(12)21/h6,9,12,14-15,17,23H,2,5,7-8,10-11H2,1,3-4H3/b9-6+/t12-,14+,15-,17+,19+,20-/m0/s1. The zero-order valence-corrected chi connectivity index (χ0v) is 15.7. The summed E-state index contributed by atoms with van der Waals surface area (Å²) < 4.78 is 11.2. The minimum atomic E-state index is -0.787. The van der Waals surface area contributed by atoms with Gasteiger partial charge in [-0.3, -0.25) is 10.1 Å². The Hall–Kier alpha value is -1.50. The Labute approximate surface area is 154 Å². The predicted molar refractivity (Wildman–Crippen MR) is 94.3 cm³/mol. The van der Waals surface area contributed by atoms with Gasteiger partial charge in [0, 0.05) is 17.4 Å². The number of fused-ring (bicyclic) bond motifs is 2. The van der Waals surface area contributed by atoms with E-state index >= 15 is 0 Å². The molecule has 0 bridgehead atoms. The maximum Gasteiger partial charge on any atom is 0.334 e. The molecule has 2 fully saturated rings. The third kappa shape index (κ3) is 3.63. The van der Waals surface area contributed by atoms with Crippen molar-refractivity contribution in [2.24, 2.45) is 11.8 Å². The normalized spacial score (nSPS) is 45.3. The Morgan fingerprint density at radius 3 is 2.77 bits per heavy atom. The average Bonchev–Trinajstić information content (AvgIpc) is 3.15. The van der Waals surface area contributed by atoms with E-state index in [4.69, 9.17) is 9.47 Å². The van der Waals surface area contributed by atoms with Gasteiger partial charge in [0.05, 0.1) is 11.7 Å². The number of hydrogen-bond acceptors (Lipinski definition) is 6. The van der Waals surface area contributed by atoms with Crippen LogP contribution in [-0.4, -0.2) is 40.4 Å². The fraction of sp³-hybridized carbons (Fsp3) is 0.700. The van der Waals surface area contributed by atoms with E-state index in [1.807, 2.05) is 32.9 Å². The number of ether oxygens (including phenoxy) is 2. The smallest absolute Gasteiger partial charge is 0.334 e. The van der Waals surface area contributed by atoms with Crippen LogP contribution in [0.5, 0.6) is 0 Å². The molecule has 3 aliphatic rings. The molecule has 6 atom stereocenters. The quantitative estimate of drug-likeness (QED) is 0.192. The number of rotatable bonds is 1. The highest BCUT2D eigenvalue weighted by molar-refractivity contribution is 5.98. The monoisotopic (exact) mass is 364 g/mol. The maximum atomic E-state index is 12.9. The van der Waals surface area contributed by atoms with E-state index in [1.165, 1.54) is 0 Å². The molecule has 2 aliphatic heterocycles. The van der Waals surface area contributed by atoms with Crippen LogP contribution in [0.15, 0.2) is 24.3 Å². The maximum absolute atomic E-state index is 12.9. The molecule has 0 aromatic heterocycles. The molecule has 2 heterocycles. The molecule has 0 unspecified atom stereocenters. The second-order valence-corrected chi connectivity index (χ2v) is 8.32. The first-order valence-electron chi connectivity index (χ1n) is 9.31. The largest absolute Gasteiger partial charge is 0.450 e. The third-order valence-electron chi connectivity index (χ3n) is 6.09. The van der Waals surface area contributed by atoms with E-state index < -0.39 is 17.7 Å². The molecule has 0 radical (unpaired) electrons. The van der Waals surface area contributed by atoms with Gasteiger partial charge in [0.25, 0.3) is 0 Å². The van der Waals surface area contributed by atoms with Gasteiger partial charge in [-0.05, 0) is 46.0 Å². The number of carbonyl (C=O) groups excluding carboxylic acids is 2. The average molecular weight is 364 g/mol. The van der Waals surface area contributed by atoms with Crippen molar-refractivity contribution in [2.75, 3.05) is 0 Å². The lowest BCUT2D eigenvalue weighted by Gasteiger charge is -2.24. The Kier molecular flexibility index (Phi) is 5.12. The lowest BCUT2D eigenvalue weighted by molar-refractivity contribution is -0.304. The fourth-order valence-electron chi connectivity index (χ4n) is 4.01. The first kappa shape index (κ1) is 19.3. The molecule has 144 valence electrons. The summed E-state index contributed by atoms with van der Waals surface area (Å²) >= 11 is 0. The molecule has 0 aromatic carbocycles. The predicted octanol–water partition coefficient (Wildman–Crippen LogP) is 3.22. The number of hydrogen-bond donors (Lipinski definition) is 1. The van der Waals surface area contributed by atoms with Crippen molar-refractivity contribution in [1.82, 2.24) is 0 Å². The number of Topliss-reactive ketones (excluding diaryl/α,β-unsaturated/α-hetero) is 1. The molecule has 6 nitrogen and oxygen atoms in total. The number of epoxide rings is 1. The second kappa shape index (κ2) is 6.91. The molecule has 2 saturated heterocycles. The van der Waals surface area contributed by atoms with E-state index in [2.05, 4.69) is 11.5 Å². The van der Waals surface area contributed by atoms with Gasteiger partial charge in [-0.2, -0.15) is 0 Å². The van der Waals surface area contributed by atoms with Crippen LogP contribution in [0.25, 0.3) is 0 Å². The minimum absolute atomic E-state index is 0.0572. The molecular weight excluding hydrogens is 336 g/mol. The van der Waals surface area contributed by atoms with E-state index in [0.29, 0.717) is 37.7 Å². The van der Waals surface area contributed by atoms with Gasteiger partial charge >= 0.3 is 5.97 Å². The van der Waals surface area contributed by atoms with Crippen LogP contribution >= 0.6 is 0 Å². The van der Waals surface area contributed by atoms with E-state index in [0.717, 1.165) is 0 Å². The lowest BCUT2D eigenvalue weighted by atomic mass is 9.82. The highest BCUT2D eigenvalue weighted by Gasteiger charge is 2.55. The summed E-state index contributed by atoms with van der Waals surface area (Å²) in [7, 11) is 0. The lowest BCUT2D eigenvalue weighted by Crippen LogP contribution is -2.33. The molecule has 0 amide bonds. The van der Waals surface area contributed by atoms with Gasteiger partial charge in [-0.1, -0.05) is 25.7 Å². The number of ketones is 1. The molecule has 1 aliphatic carbocycles. The van der Waals surface area contributed by atoms with Crippen molar-refractivity contribution in [1.29, 1.82) is 0 Å². The van der Waals surface area contributed by atoms with Gasteiger partial charge in [-0.15, -0.1) is 0 Å². The van der Waals surface area contributed by atoms with Crippen molar-refractivity contribution in [3.63, 3.8) is 0 Å². The zero-order chi connectivity index (χ0) is 19.1. The van der Waals surface area contributed by atoms with Crippen LogP contribution in [0, 0.1) is 11.8 Å². The zero-order valence-electron chi connectivity index (χ0n) is 15.7. The van der Waals surface area contributed by atoms with Crippen molar-refractivity contribution < 1.29 is 29.2 Å². The number of esters is 1. The van der Waals surface area contributed by atoms with Crippen LogP contribution in [0.4, 0.5) is 0 Å². The number of carbonyl (C=O) groups is 2. The summed E-state index contributed by atoms with van der Waals surface area (Å²) in [5.41, 5.74) is -0.760. The molecule has 1 N–H and O–H groups in total. The molecule has 0 spiro atoms. The summed E-state index contributed by atoms with van der Waals surface area (Å²) in [5, 5.41) is 9.28. The minimum Gasteiger partial charge on any atom is -0.450 e. The third-order valence-corrected chi connectivity index (χ3v) is 6.09. The van der Waals surface area contributed by atoms with E-state index in [1.54, 1.807) is 0 Å². The molecule has 0 saturated carbocycles. The summed E-state index contributed by atoms with van der Waals surface area (Å²) in [6, 6.07) is 0. The van der Waals surface area contributed by atoms with Gasteiger partial charge in [0.1, 0.15) is 5.60 Å². The van der Waals surface area contributed by atoms with Crippen molar-refractivity contribution >= 4 is 11.8 Å². The van der Waals surface area contributed by atoms with Crippen LogP contribution < -0.4 is 0 Å². The Morgan fingerprint density at radius 2 is 2.08 bits per heavy atom. The topological polar surface area (TPSA) is 85.4 Å². The van der Waals surface area contributed by atoms with Crippen LogP contribution in [-0.2, 0) is 24.0 Å². The van der Waals surface area contributed by atoms with Crippen molar-refractivity contribution in [2.45, 2.75) is 76.3 Å². The van der Waals surface area contributed by atoms with Gasteiger partial charge in [0.15, 0.2) is 11.9 Å². The summed E-state index contributed by atoms with van der Waals surface area (Å²) in [6.07, 6.45) is 6.15. The van der Waals surface area contributed by atoms with Gasteiger partial charge in [-0.25, -0.2) is 9.68 Å². The first-order valence-corrected chi connectivity index (χ1v) is 9.31. The summed E-state index contributed by atoms with van der Waals surface area (Å²) in [6.45, 7) is 9.52. The molecule has 26 heavy (non-hydrogen) atoms. The van der Waals surface area contributed by atoms with Gasteiger partial charge < -0.3 is 9.47 Å².